The zero-order valence-corrected chi connectivity index (χ0v) is 13.1. The first-order valence-electron chi connectivity index (χ1n) is 6.31. The molecule has 0 radical (unpaired) electrons. The number of hydrogen-bond acceptors (Lipinski definition) is 4. The minimum Gasteiger partial charge on any atom is -0.268 e. The number of benzene rings is 1. The molecule has 0 atom stereocenters. The largest absolute Gasteiger partial charge is 0.268 e. The molecular formula is C15H13ClN2O3S. The highest BCUT2D eigenvalue weighted by Gasteiger charge is 2.29. The molecule has 114 valence electrons. The lowest BCUT2D eigenvalue weighted by molar-refractivity contribution is 0.0871. The van der Waals surface area contributed by atoms with Gasteiger partial charge in [0.2, 0.25) is 0 Å². The molecule has 7 heteroatoms. The van der Waals surface area contributed by atoms with E-state index in [1.807, 2.05) is 0 Å². The van der Waals surface area contributed by atoms with Crippen LogP contribution in [0.4, 0.5) is 0 Å². The SMILES string of the molecule is C=CCN(C(=O)c1ccnc(Cl)c1)S(=O)(=O)c1ccccc1. The summed E-state index contributed by atoms with van der Waals surface area (Å²) in [6.45, 7) is 3.36. The molecule has 2 rings (SSSR count). The minimum absolute atomic E-state index is 0.0327. The van der Waals surface area contributed by atoms with Gasteiger partial charge < -0.3 is 0 Å². The number of hydrogen-bond donors (Lipinski definition) is 0. The van der Waals surface area contributed by atoms with Crippen LogP contribution in [0.3, 0.4) is 0 Å². The van der Waals surface area contributed by atoms with Crippen LogP contribution >= 0.6 is 11.6 Å². The van der Waals surface area contributed by atoms with Crippen molar-refractivity contribution in [1.29, 1.82) is 0 Å². The van der Waals surface area contributed by atoms with E-state index in [1.165, 1.54) is 36.5 Å². The fraction of sp³-hybridized carbons (Fsp3) is 0.0667. The van der Waals surface area contributed by atoms with Gasteiger partial charge in [0, 0.05) is 11.8 Å². The molecule has 0 aliphatic rings. The summed E-state index contributed by atoms with van der Waals surface area (Å²) in [5.41, 5.74) is 0.140. The Balaban J connectivity index is 2.46. The van der Waals surface area contributed by atoms with Crippen molar-refractivity contribution in [2.45, 2.75) is 4.90 Å². The Hall–Kier alpha value is -2.18. The van der Waals surface area contributed by atoms with E-state index in [0.717, 1.165) is 4.31 Å². The van der Waals surface area contributed by atoms with Crippen molar-refractivity contribution in [1.82, 2.24) is 9.29 Å². The van der Waals surface area contributed by atoms with Gasteiger partial charge in [-0.2, -0.15) is 0 Å². The van der Waals surface area contributed by atoms with E-state index in [-0.39, 0.29) is 22.2 Å². The maximum atomic E-state index is 12.6. The summed E-state index contributed by atoms with van der Waals surface area (Å²) < 4.78 is 26.0. The second-order valence-corrected chi connectivity index (χ2v) is 6.56. The molecule has 22 heavy (non-hydrogen) atoms. The fourth-order valence-electron chi connectivity index (χ4n) is 1.81. The molecule has 0 saturated heterocycles. The van der Waals surface area contributed by atoms with Gasteiger partial charge in [0.1, 0.15) is 5.15 Å². The molecule has 5 nitrogen and oxygen atoms in total. The van der Waals surface area contributed by atoms with E-state index >= 15 is 0 Å². The van der Waals surface area contributed by atoms with Gasteiger partial charge in [-0.3, -0.25) is 4.79 Å². The Bertz CT molecular complexity index is 791. The van der Waals surface area contributed by atoms with Crippen LogP contribution in [0.25, 0.3) is 0 Å². The third-order valence-electron chi connectivity index (χ3n) is 2.83. The number of aromatic nitrogens is 1. The third kappa shape index (κ3) is 3.35. The van der Waals surface area contributed by atoms with Crippen LogP contribution in [-0.2, 0) is 10.0 Å². The maximum Gasteiger partial charge on any atom is 0.268 e. The lowest BCUT2D eigenvalue weighted by Crippen LogP contribution is -2.37. The summed E-state index contributed by atoms with van der Waals surface area (Å²) in [6.07, 6.45) is 2.69. The van der Waals surface area contributed by atoms with Crippen LogP contribution in [0.15, 0.2) is 66.2 Å². The minimum atomic E-state index is -3.97. The van der Waals surface area contributed by atoms with E-state index in [0.29, 0.717) is 0 Å². The predicted octanol–water partition coefficient (Wildman–Crippen LogP) is 2.75. The first kappa shape index (κ1) is 16.2. The van der Waals surface area contributed by atoms with Crippen molar-refractivity contribution in [3.63, 3.8) is 0 Å². The number of sulfonamides is 1. The first-order chi connectivity index (χ1) is 10.5. The molecule has 1 aromatic heterocycles. The smallest absolute Gasteiger partial charge is 0.268 e. The van der Waals surface area contributed by atoms with Crippen LogP contribution in [-0.4, -0.2) is 30.2 Å². The number of rotatable bonds is 5. The van der Waals surface area contributed by atoms with Gasteiger partial charge in [0.05, 0.1) is 11.4 Å². The van der Waals surface area contributed by atoms with E-state index in [2.05, 4.69) is 11.6 Å². The van der Waals surface area contributed by atoms with E-state index in [9.17, 15) is 13.2 Å². The molecule has 0 saturated carbocycles. The van der Waals surface area contributed by atoms with Gasteiger partial charge >= 0.3 is 0 Å². The van der Waals surface area contributed by atoms with Gasteiger partial charge in [-0.05, 0) is 24.3 Å². The molecule has 0 aliphatic heterocycles. The summed E-state index contributed by atoms with van der Waals surface area (Å²) >= 11 is 5.75. The fourth-order valence-corrected chi connectivity index (χ4v) is 3.36. The highest BCUT2D eigenvalue weighted by atomic mass is 35.5. The topological polar surface area (TPSA) is 67.3 Å². The van der Waals surface area contributed by atoms with Crippen molar-refractivity contribution >= 4 is 27.5 Å². The quantitative estimate of drug-likeness (QED) is 0.622. The number of carbonyl (C=O) groups excluding carboxylic acids is 1. The van der Waals surface area contributed by atoms with Gasteiger partial charge in [-0.1, -0.05) is 35.9 Å². The van der Waals surface area contributed by atoms with Gasteiger partial charge in [-0.25, -0.2) is 17.7 Å². The summed E-state index contributed by atoms with van der Waals surface area (Å²) in [5.74, 6) is -0.687. The Morgan fingerprint density at radius 1 is 1.27 bits per heavy atom. The normalized spacial score (nSPS) is 11.0. The summed E-state index contributed by atoms with van der Waals surface area (Å²) in [7, 11) is -3.97. The van der Waals surface area contributed by atoms with Crippen LogP contribution in [0.1, 0.15) is 10.4 Å². The molecular weight excluding hydrogens is 324 g/mol. The predicted molar refractivity (Wildman–Crippen MR) is 84.1 cm³/mol. The number of carbonyl (C=O) groups is 1. The Kier molecular flexibility index (Phi) is 4.95. The number of nitrogens with zero attached hydrogens (tertiary/aromatic N) is 2. The van der Waals surface area contributed by atoms with Crippen molar-refractivity contribution in [3.05, 3.63) is 72.0 Å². The lowest BCUT2D eigenvalue weighted by atomic mass is 10.2. The summed E-state index contributed by atoms with van der Waals surface area (Å²) in [6, 6.07) is 10.5. The average molecular weight is 337 g/mol. The van der Waals surface area contributed by atoms with Gasteiger partial charge in [0.25, 0.3) is 15.9 Å². The van der Waals surface area contributed by atoms with E-state index in [1.54, 1.807) is 18.2 Å². The molecule has 0 spiro atoms. The molecule has 1 aromatic carbocycles. The molecule has 0 aliphatic carbocycles. The van der Waals surface area contributed by atoms with Crippen molar-refractivity contribution in [2.75, 3.05) is 6.54 Å². The van der Waals surface area contributed by atoms with Crippen LogP contribution in [0.5, 0.6) is 0 Å². The Labute approximate surface area is 133 Å². The van der Waals surface area contributed by atoms with Gasteiger partial charge in [0.15, 0.2) is 0 Å². The second-order valence-electron chi connectivity index (χ2n) is 4.31. The summed E-state index contributed by atoms with van der Waals surface area (Å²) in [5, 5.41) is 0.113. The lowest BCUT2D eigenvalue weighted by Gasteiger charge is -2.21. The average Bonchev–Trinajstić information content (AvgIpc) is 2.52. The van der Waals surface area contributed by atoms with Crippen molar-refractivity contribution in [2.24, 2.45) is 0 Å². The molecule has 1 amide bonds. The number of halogens is 1. The van der Waals surface area contributed by atoms with E-state index < -0.39 is 15.9 Å². The molecule has 0 bridgehead atoms. The Morgan fingerprint density at radius 2 is 1.95 bits per heavy atom. The molecule has 0 unspecified atom stereocenters. The third-order valence-corrected chi connectivity index (χ3v) is 4.80. The first-order valence-corrected chi connectivity index (χ1v) is 8.13. The zero-order chi connectivity index (χ0) is 16.2. The monoisotopic (exact) mass is 336 g/mol. The zero-order valence-electron chi connectivity index (χ0n) is 11.5. The number of amides is 1. The van der Waals surface area contributed by atoms with Crippen LogP contribution < -0.4 is 0 Å². The molecule has 0 fully saturated rings. The van der Waals surface area contributed by atoms with Crippen molar-refractivity contribution < 1.29 is 13.2 Å². The maximum absolute atomic E-state index is 12.6. The summed E-state index contributed by atoms with van der Waals surface area (Å²) in [4.78, 5) is 16.3. The van der Waals surface area contributed by atoms with Gasteiger partial charge in [-0.15, -0.1) is 6.58 Å². The highest BCUT2D eigenvalue weighted by molar-refractivity contribution is 7.89. The van der Waals surface area contributed by atoms with Crippen LogP contribution in [0.2, 0.25) is 5.15 Å². The second kappa shape index (κ2) is 6.72. The molecule has 2 aromatic rings. The van der Waals surface area contributed by atoms with E-state index in [4.69, 9.17) is 11.6 Å². The van der Waals surface area contributed by atoms with Crippen LogP contribution in [0, 0.1) is 0 Å². The molecule has 0 N–H and O–H groups in total. The number of pyridine rings is 1. The molecule has 1 heterocycles. The van der Waals surface area contributed by atoms with Crippen molar-refractivity contribution in [3.8, 4) is 0 Å². The Morgan fingerprint density at radius 3 is 2.55 bits per heavy atom. The highest BCUT2D eigenvalue weighted by Crippen LogP contribution is 2.19. The standard InChI is InChI=1S/C15H13ClN2O3S/c1-2-10-18(15(19)12-8-9-17-14(16)11-12)22(20,21)13-6-4-3-5-7-13/h2-9,11H,1,10H2.